The Morgan fingerprint density at radius 1 is 1.13 bits per heavy atom. The second kappa shape index (κ2) is 12.2. The topological polar surface area (TPSA) is 90.4 Å². The molecular formula is C20H22Cl3N3O5. The lowest BCUT2D eigenvalue weighted by Crippen LogP contribution is -2.53. The van der Waals surface area contributed by atoms with E-state index < -0.39 is 22.1 Å². The first kappa shape index (κ1) is 24.6. The van der Waals surface area contributed by atoms with Crippen molar-refractivity contribution in [3.63, 3.8) is 0 Å². The molecule has 1 fully saturated rings. The molecule has 1 N–H and O–H groups in total. The SMILES string of the molecule is COc1ccc(N(C)/C=C/C=C(\O)C=C2C(=O)N(C)C(=O)N(C)C2=O)cc1.[2H]C(Cl)(Cl)Cl. The third kappa shape index (κ3) is 7.82. The van der Waals surface area contributed by atoms with Crippen LogP contribution in [-0.2, 0) is 9.59 Å². The second-order valence-electron chi connectivity index (χ2n) is 6.03. The van der Waals surface area contributed by atoms with Crippen LogP contribution in [0.4, 0.5) is 10.5 Å². The number of benzene rings is 1. The van der Waals surface area contributed by atoms with Crippen LogP contribution >= 0.6 is 34.8 Å². The highest BCUT2D eigenvalue weighted by molar-refractivity contribution is 6.63. The summed E-state index contributed by atoms with van der Waals surface area (Å²) in [7, 11) is 5.96. The molecule has 0 spiro atoms. The van der Waals surface area contributed by atoms with Crippen LogP contribution in [0.2, 0.25) is 0 Å². The fourth-order valence-corrected chi connectivity index (χ4v) is 2.35. The number of rotatable bonds is 5. The van der Waals surface area contributed by atoms with Crippen molar-refractivity contribution in [2.45, 2.75) is 4.27 Å². The van der Waals surface area contributed by atoms with Crippen molar-refractivity contribution in [1.82, 2.24) is 9.80 Å². The standard InChI is InChI=1S/C19H21N3O5.CHCl3/c1-20(13-7-9-15(27-4)10-8-13)11-5-6-14(23)12-16-17(24)21(2)19(26)22(3)18(16)25;2-1(3)4/h5-12,23H,1-4H3;1H/b11-5+,14-6-;/i;1D. The molecule has 1 aliphatic rings. The molecule has 1 aromatic carbocycles. The number of hydrogen-bond acceptors (Lipinski definition) is 6. The third-order valence-corrected chi connectivity index (χ3v) is 3.99. The first-order valence-corrected chi connectivity index (χ1v) is 9.72. The summed E-state index contributed by atoms with van der Waals surface area (Å²) in [4.78, 5) is 39.2. The van der Waals surface area contributed by atoms with Gasteiger partial charge >= 0.3 is 6.03 Å². The molecular weight excluding hydrogens is 469 g/mol. The number of barbiturate groups is 1. The van der Waals surface area contributed by atoms with Crippen molar-refractivity contribution in [3.8, 4) is 5.75 Å². The number of amides is 4. The largest absolute Gasteiger partial charge is 0.508 e. The number of carbonyl (C=O) groups is 3. The van der Waals surface area contributed by atoms with Crippen LogP contribution in [0.3, 0.4) is 0 Å². The van der Waals surface area contributed by atoms with E-state index in [1.807, 2.05) is 36.2 Å². The molecule has 0 aromatic heterocycles. The van der Waals surface area contributed by atoms with E-state index in [1.54, 1.807) is 19.4 Å². The number of anilines is 1. The molecule has 168 valence electrons. The molecule has 1 saturated heterocycles. The third-order valence-electron chi connectivity index (χ3n) is 3.99. The number of urea groups is 1. The van der Waals surface area contributed by atoms with Crippen molar-refractivity contribution in [3.05, 3.63) is 60.0 Å². The molecule has 1 heterocycles. The van der Waals surface area contributed by atoms with Gasteiger partial charge in [-0.15, -0.1) is 0 Å². The first-order chi connectivity index (χ1) is 14.8. The molecule has 31 heavy (non-hydrogen) atoms. The van der Waals surface area contributed by atoms with Gasteiger partial charge in [0.25, 0.3) is 11.8 Å². The maximum Gasteiger partial charge on any atom is 0.333 e. The summed E-state index contributed by atoms with van der Waals surface area (Å²) < 4.78 is 9.50. The zero-order chi connectivity index (χ0) is 24.6. The van der Waals surface area contributed by atoms with Gasteiger partial charge in [0.15, 0.2) is 4.27 Å². The highest BCUT2D eigenvalue weighted by atomic mass is 35.6. The molecule has 0 unspecified atom stereocenters. The Kier molecular flexibility index (Phi) is 9.71. The highest BCUT2D eigenvalue weighted by Gasteiger charge is 2.37. The van der Waals surface area contributed by atoms with E-state index >= 15 is 0 Å². The quantitative estimate of drug-likeness (QED) is 0.220. The van der Waals surface area contributed by atoms with E-state index in [1.165, 1.54) is 20.2 Å². The number of halogens is 3. The normalized spacial score (nSPS) is 15.6. The van der Waals surface area contributed by atoms with Crippen LogP contribution in [0.5, 0.6) is 5.75 Å². The van der Waals surface area contributed by atoms with E-state index in [-0.39, 0.29) is 11.3 Å². The summed E-state index contributed by atoms with van der Waals surface area (Å²) in [5, 5.41) is 10.00. The maximum atomic E-state index is 12.1. The lowest BCUT2D eigenvalue weighted by molar-refractivity contribution is -0.134. The molecule has 4 amide bonds. The van der Waals surface area contributed by atoms with E-state index in [0.29, 0.717) is 0 Å². The number of nitrogens with zero attached hydrogens (tertiary/aromatic N) is 3. The molecule has 2 rings (SSSR count). The number of methoxy groups -OCH3 is 1. The number of alkyl halides is 3. The summed E-state index contributed by atoms with van der Waals surface area (Å²) >= 11 is 14.2. The minimum Gasteiger partial charge on any atom is -0.508 e. The molecule has 0 saturated carbocycles. The summed E-state index contributed by atoms with van der Waals surface area (Å²) in [6.45, 7) is 0. The fourth-order valence-electron chi connectivity index (χ4n) is 2.35. The molecule has 0 aliphatic carbocycles. The zero-order valence-electron chi connectivity index (χ0n) is 18.2. The summed E-state index contributed by atoms with van der Waals surface area (Å²) in [6.07, 6.45) is 5.64. The lowest BCUT2D eigenvalue weighted by Gasteiger charge is -2.28. The van der Waals surface area contributed by atoms with Gasteiger partial charge in [0.05, 0.1) is 8.48 Å². The Labute approximate surface area is 196 Å². The van der Waals surface area contributed by atoms with Gasteiger partial charge < -0.3 is 14.7 Å². The van der Waals surface area contributed by atoms with Crippen molar-refractivity contribution in [2.75, 3.05) is 33.2 Å². The van der Waals surface area contributed by atoms with Crippen LogP contribution in [-0.4, -0.2) is 65.3 Å². The van der Waals surface area contributed by atoms with Gasteiger partial charge in [0.1, 0.15) is 17.1 Å². The van der Waals surface area contributed by atoms with Gasteiger partial charge in [0, 0.05) is 33.0 Å². The monoisotopic (exact) mass is 490 g/mol. The van der Waals surface area contributed by atoms with Gasteiger partial charge in [-0.25, -0.2) is 4.79 Å². The average molecular weight is 492 g/mol. The van der Waals surface area contributed by atoms with Crippen LogP contribution in [0.25, 0.3) is 0 Å². The number of carbonyl (C=O) groups excluding carboxylic acids is 3. The van der Waals surface area contributed by atoms with Crippen molar-refractivity contribution < 1.29 is 25.6 Å². The Morgan fingerprint density at radius 3 is 2.06 bits per heavy atom. The number of aliphatic hydroxyl groups excluding tert-OH is 1. The fraction of sp³-hybridized carbons (Fsp3) is 0.250. The molecule has 0 atom stereocenters. The second-order valence-corrected chi connectivity index (χ2v) is 7.74. The lowest BCUT2D eigenvalue weighted by atomic mass is 10.1. The molecule has 11 heteroatoms. The van der Waals surface area contributed by atoms with E-state index in [4.69, 9.17) is 40.9 Å². The molecule has 1 aliphatic heterocycles. The Bertz CT molecular complexity index is 911. The van der Waals surface area contributed by atoms with E-state index in [0.717, 1.165) is 27.3 Å². The van der Waals surface area contributed by atoms with Crippen molar-refractivity contribution >= 4 is 58.3 Å². The van der Waals surface area contributed by atoms with E-state index in [9.17, 15) is 19.5 Å². The van der Waals surface area contributed by atoms with Gasteiger partial charge in [-0.1, -0.05) is 34.8 Å². The van der Waals surface area contributed by atoms with Crippen molar-refractivity contribution in [2.24, 2.45) is 0 Å². The predicted molar refractivity (Wildman–Crippen MR) is 122 cm³/mol. The number of likely N-dealkylation sites (N-methyl/N-ethyl adjacent to an activating group) is 2. The summed E-state index contributed by atoms with van der Waals surface area (Å²) in [6, 6.07) is 6.68. The number of allylic oxidation sites excluding steroid dienone is 3. The first-order valence-electron chi connectivity index (χ1n) is 9.09. The minimum absolute atomic E-state index is 0.287. The van der Waals surface area contributed by atoms with Crippen LogP contribution in [0.1, 0.15) is 1.37 Å². The molecule has 0 radical (unpaired) electrons. The van der Waals surface area contributed by atoms with Gasteiger partial charge in [-0.3, -0.25) is 19.4 Å². The smallest absolute Gasteiger partial charge is 0.333 e. The van der Waals surface area contributed by atoms with Crippen LogP contribution in [0.15, 0.2) is 60.0 Å². The number of imide groups is 2. The predicted octanol–water partition coefficient (Wildman–Crippen LogP) is 4.05. The molecule has 1 aromatic rings. The Balaban J connectivity index is 0.000000920. The maximum absolute atomic E-state index is 12.1. The Morgan fingerprint density at radius 2 is 1.61 bits per heavy atom. The number of ether oxygens (including phenoxy) is 1. The number of hydrogen-bond donors (Lipinski definition) is 1. The molecule has 0 bridgehead atoms. The zero-order valence-corrected chi connectivity index (χ0v) is 19.4. The van der Waals surface area contributed by atoms with Gasteiger partial charge in [-0.2, -0.15) is 0 Å². The Hall–Kier alpha value is -2.68. The van der Waals surface area contributed by atoms with Crippen molar-refractivity contribution in [1.29, 1.82) is 0 Å². The number of aliphatic hydroxyl groups is 1. The average Bonchev–Trinajstić information content (AvgIpc) is 2.72. The van der Waals surface area contributed by atoms with Crippen LogP contribution in [0, 0.1) is 0 Å². The minimum atomic E-state index is -1.83. The highest BCUT2D eigenvalue weighted by Crippen LogP contribution is 2.19. The van der Waals surface area contributed by atoms with E-state index in [2.05, 4.69) is 0 Å². The van der Waals surface area contributed by atoms with Crippen LogP contribution < -0.4 is 9.64 Å². The molecule has 8 nitrogen and oxygen atoms in total. The summed E-state index contributed by atoms with van der Waals surface area (Å²) in [5.74, 6) is -1.07. The van der Waals surface area contributed by atoms with Gasteiger partial charge in [0.2, 0.25) is 0 Å². The van der Waals surface area contributed by atoms with Gasteiger partial charge in [-0.05, 0) is 42.5 Å². The summed E-state index contributed by atoms with van der Waals surface area (Å²) in [5.41, 5.74) is 0.614.